The van der Waals surface area contributed by atoms with Crippen molar-refractivity contribution < 1.29 is 23.6 Å². The fraction of sp³-hybridized carbons (Fsp3) is 0.385. The fourth-order valence-electron chi connectivity index (χ4n) is 2.92. The molecule has 5 N–H and O–H groups in total. The van der Waals surface area contributed by atoms with Crippen molar-refractivity contribution in [1.29, 1.82) is 0 Å². The van der Waals surface area contributed by atoms with Gasteiger partial charge in [0.2, 0.25) is 0 Å². The Morgan fingerprint density at radius 1 is 1.39 bits per heavy atom. The van der Waals surface area contributed by atoms with Crippen LogP contribution in [-0.2, 0) is 10.2 Å². The molecule has 124 valence electrons. The van der Waals surface area contributed by atoms with Gasteiger partial charge in [0.05, 0.1) is 25.3 Å². The third kappa shape index (κ3) is 3.00. The Labute approximate surface area is 132 Å². The molecule has 0 unspecified atom stereocenters. The van der Waals surface area contributed by atoms with E-state index in [1.54, 1.807) is 12.4 Å². The maximum absolute atomic E-state index is 11.5. The van der Waals surface area contributed by atoms with E-state index in [1.165, 1.54) is 6.07 Å². The Morgan fingerprint density at radius 3 is 2.70 bits per heavy atom. The van der Waals surface area contributed by atoms with Crippen molar-refractivity contribution in [3.63, 3.8) is 0 Å². The van der Waals surface area contributed by atoms with Crippen LogP contribution in [-0.4, -0.2) is 46.3 Å². The predicted molar refractivity (Wildman–Crippen MR) is 81.0 cm³/mol. The maximum atomic E-state index is 11.5. The minimum atomic E-state index is -4.17. The Bertz CT molecular complexity index is 832. The summed E-state index contributed by atoms with van der Waals surface area (Å²) in [6.45, 7) is 2.06. The van der Waals surface area contributed by atoms with Crippen LogP contribution in [0.2, 0.25) is 0 Å². The molecular weight excluding hydrogens is 322 g/mol. The van der Waals surface area contributed by atoms with E-state index in [0.29, 0.717) is 9.54 Å². The van der Waals surface area contributed by atoms with E-state index in [9.17, 15) is 18.3 Å². The average Bonchev–Trinajstić information content (AvgIpc) is 3.14. The molecule has 0 amide bonds. The summed E-state index contributed by atoms with van der Waals surface area (Å²) in [5, 5.41) is 21.0. The Balaban J connectivity index is 2.01. The lowest BCUT2D eigenvalue weighted by molar-refractivity contribution is -0.664. The minimum absolute atomic E-state index is 0.278. The zero-order valence-corrected chi connectivity index (χ0v) is 13.1. The van der Waals surface area contributed by atoms with Crippen LogP contribution in [0.15, 0.2) is 24.7 Å². The quantitative estimate of drug-likeness (QED) is 0.655. The summed E-state index contributed by atoms with van der Waals surface area (Å²) in [6, 6.07) is 1.70. The van der Waals surface area contributed by atoms with Crippen LogP contribution in [0, 0.1) is 0 Å². The lowest BCUT2D eigenvalue weighted by atomic mass is 10.1. The smallest absolute Gasteiger partial charge is 0.354 e. The number of rotatable bonds is 4. The highest BCUT2D eigenvalue weighted by Crippen LogP contribution is 2.27. The zero-order valence-electron chi connectivity index (χ0n) is 12.3. The minimum Gasteiger partial charge on any atom is -0.477 e. The van der Waals surface area contributed by atoms with Crippen molar-refractivity contribution >= 4 is 16.2 Å². The van der Waals surface area contributed by atoms with Crippen LogP contribution >= 0.6 is 0 Å². The molecule has 2 aromatic heterocycles. The molecule has 0 atom stereocenters. The molecule has 3 heterocycles. The van der Waals surface area contributed by atoms with Gasteiger partial charge in [-0.05, 0) is 6.07 Å². The molecule has 10 heteroatoms. The number of carboxylic acids is 1. The van der Waals surface area contributed by atoms with Crippen molar-refractivity contribution in [2.45, 2.75) is 18.9 Å². The van der Waals surface area contributed by atoms with E-state index in [4.69, 9.17) is 5.14 Å². The SMILES string of the molecule is NS(=O)(=O)n1ccc(-c2cnn(C3CC[NH2+]CC3)c2)c1C(=O)O. The summed E-state index contributed by atoms with van der Waals surface area (Å²) in [5.74, 6) is -1.36. The highest BCUT2D eigenvalue weighted by atomic mass is 32.2. The van der Waals surface area contributed by atoms with Gasteiger partial charge in [0.1, 0.15) is 0 Å². The molecule has 0 aliphatic carbocycles. The number of hydrogen-bond acceptors (Lipinski definition) is 4. The summed E-state index contributed by atoms with van der Waals surface area (Å²) in [5.41, 5.74) is 0.448. The van der Waals surface area contributed by atoms with Gasteiger partial charge in [-0.1, -0.05) is 0 Å². The zero-order chi connectivity index (χ0) is 16.6. The summed E-state index contributed by atoms with van der Waals surface area (Å²) >= 11 is 0. The number of nitrogens with two attached hydrogens (primary N) is 2. The standard InChI is InChI=1S/C13H17N5O4S/c14-23(21,22)18-6-3-11(12(18)13(19)20)9-7-16-17(8-9)10-1-4-15-5-2-10/h3,6-8,10,15H,1-2,4-5H2,(H,19,20)(H2,14,21,22)/p+1. The highest BCUT2D eigenvalue weighted by Gasteiger charge is 2.24. The molecule has 9 nitrogen and oxygen atoms in total. The number of piperidine rings is 1. The van der Waals surface area contributed by atoms with Crippen molar-refractivity contribution in [3.05, 3.63) is 30.4 Å². The topological polar surface area (TPSA) is 137 Å². The van der Waals surface area contributed by atoms with E-state index in [0.717, 1.165) is 32.1 Å². The van der Waals surface area contributed by atoms with E-state index >= 15 is 0 Å². The molecular formula is C13H18N5O4S+. The van der Waals surface area contributed by atoms with Gasteiger partial charge in [0.15, 0.2) is 5.69 Å². The molecule has 0 saturated carbocycles. The fourth-order valence-corrected chi connectivity index (χ4v) is 3.58. The first kappa shape index (κ1) is 15.7. The van der Waals surface area contributed by atoms with Gasteiger partial charge in [-0.25, -0.2) is 13.9 Å². The van der Waals surface area contributed by atoms with E-state index in [-0.39, 0.29) is 17.3 Å². The second-order valence-electron chi connectivity index (χ2n) is 5.53. The monoisotopic (exact) mass is 340 g/mol. The first-order chi connectivity index (χ1) is 10.9. The van der Waals surface area contributed by atoms with Crippen LogP contribution in [0.3, 0.4) is 0 Å². The summed E-state index contributed by atoms with van der Waals surface area (Å²) in [4.78, 5) is 11.5. The lowest BCUT2D eigenvalue weighted by Gasteiger charge is -2.20. The Morgan fingerprint density at radius 2 is 2.09 bits per heavy atom. The van der Waals surface area contributed by atoms with Gasteiger partial charge in [0, 0.05) is 36.4 Å². The molecule has 0 spiro atoms. The molecule has 0 bridgehead atoms. The van der Waals surface area contributed by atoms with E-state index in [1.807, 2.05) is 4.68 Å². The number of aromatic nitrogens is 3. The molecule has 3 rings (SSSR count). The molecule has 0 aromatic carbocycles. The first-order valence-electron chi connectivity index (χ1n) is 7.22. The summed E-state index contributed by atoms with van der Waals surface area (Å²) in [7, 11) is -4.17. The maximum Gasteiger partial charge on any atom is 0.354 e. The lowest BCUT2D eigenvalue weighted by Crippen LogP contribution is -2.86. The van der Waals surface area contributed by atoms with Gasteiger partial charge in [-0.15, -0.1) is 0 Å². The van der Waals surface area contributed by atoms with Crippen LogP contribution in [0.5, 0.6) is 0 Å². The normalized spacial score (nSPS) is 16.6. The van der Waals surface area contributed by atoms with Crippen molar-refractivity contribution in [1.82, 2.24) is 13.8 Å². The van der Waals surface area contributed by atoms with Crippen molar-refractivity contribution in [2.24, 2.45) is 5.14 Å². The molecule has 23 heavy (non-hydrogen) atoms. The Kier molecular flexibility index (Phi) is 3.96. The molecule has 1 saturated heterocycles. The van der Waals surface area contributed by atoms with Crippen molar-refractivity contribution in [3.8, 4) is 11.1 Å². The second kappa shape index (κ2) is 5.80. The number of hydrogen-bond donors (Lipinski definition) is 3. The van der Waals surface area contributed by atoms with E-state index in [2.05, 4.69) is 10.4 Å². The average molecular weight is 340 g/mol. The molecule has 1 fully saturated rings. The first-order valence-corrected chi connectivity index (χ1v) is 8.72. The number of carboxylic acid groups (broad SMARTS) is 1. The number of quaternary nitrogens is 1. The molecule has 1 aliphatic rings. The van der Waals surface area contributed by atoms with Crippen molar-refractivity contribution in [2.75, 3.05) is 13.1 Å². The molecule has 1 aliphatic heterocycles. The largest absolute Gasteiger partial charge is 0.477 e. The number of nitrogens with zero attached hydrogens (tertiary/aromatic N) is 3. The predicted octanol–water partition coefficient (Wildman–Crippen LogP) is -1.00. The van der Waals surface area contributed by atoms with Gasteiger partial charge in [-0.3, -0.25) is 4.68 Å². The molecule has 2 aromatic rings. The van der Waals surface area contributed by atoms with Crippen LogP contribution < -0.4 is 10.5 Å². The third-order valence-electron chi connectivity index (χ3n) is 4.02. The van der Waals surface area contributed by atoms with Gasteiger partial charge in [0.25, 0.3) is 0 Å². The van der Waals surface area contributed by atoms with Gasteiger partial charge >= 0.3 is 16.2 Å². The number of carbonyl (C=O) groups is 1. The Hall–Kier alpha value is -2.17. The van der Waals surface area contributed by atoms with Crippen LogP contribution in [0.1, 0.15) is 29.4 Å². The summed E-state index contributed by atoms with van der Waals surface area (Å²) < 4.78 is 25.4. The number of aromatic carboxylic acids is 1. The van der Waals surface area contributed by atoms with Gasteiger partial charge in [-0.2, -0.15) is 13.5 Å². The third-order valence-corrected chi connectivity index (χ3v) is 4.88. The summed E-state index contributed by atoms with van der Waals surface area (Å²) in [6.07, 6.45) is 6.43. The van der Waals surface area contributed by atoms with Gasteiger partial charge < -0.3 is 10.4 Å². The van der Waals surface area contributed by atoms with Crippen LogP contribution in [0.4, 0.5) is 0 Å². The second-order valence-corrected chi connectivity index (χ2v) is 6.95. The van der Waals surface area contributed by atoms with Crippen LogP contribution in [0.25, 0.3) is 11.1 Å². The highest BCUT2D eigenvalue weighted by molar-refractivity contribution is 7.87. The van der Waals surface area contributed by atoms with E-state index < -0.39 is 16.2 Å². The molecule has 0 radical (unpaired) electrons.